The molecule has 1 aromatic rings. The molecule has 0 saturated heterocycles. The lowest BCUT2D eigenvalue weighted by molar-refractivity contribution is -0.138. The van der Waals surface area contributed by atoms with E-state index in [1.165, 1.54) is 0 Å². The molecule has 0 aromatic heterocycles. The highest BCUT2D eigenvalue weighted by Crippen LogP contribution is 2.21. The summed E-state index contributed by atoms with van der Waals surface area (Å²) in [4.78, 5) is 22.2. The number of aliphatic carboxylic acids is 1. The molecule has 0 spiro atoms. The van der Waals surface area contributed by atoms with Gasteiger partial charge in [0.2, 0.25) is 5.91 Å². The van der Waals surface area contributed by atoms with Gasteiger partial charge in [0.15, 0.2) is 0 Å². The minimum absolute atomic E-state index is 0.379. The Bertz CT molecular complexity index is 483. The molecule has 0 heterocycles. The van der Waals surface area contributed by atoms with Crippen LogP contribution in [0.15, 0.2) is 12.1 Å². The van der Waals surface area contributed by atoms with Gasteiger partial charge >= 0.3 is 5.97 Å². The van der Waals surface area contributed by atoms with Gasteiger partial charge in [-0.15, -0.1) is 0 Å². The molecule has 0 aliphatic rings. The second-order valence-electron chi connectivity index (χ2n) is 4.37. The zero-order valence-electron chi connectivity index (χ0n) is 10.8. The third kappa shape index (κ3) is 3.30. The van der Waals surface area contributed by atoms with E-state index in [0.717, 1.165) is 16.7 Å². The van der Waals surface area contributed by atoms with E-state index in [2.05, 4.69) is 5.32 Å². The monoisotopic (exact) mass is 250 g/mol. The van der Waals surface area contributed by atoms with Crippen molar-refractivity contribution in [3.8, 4) is 0 Å². The van der Waals surface area contributed by atoms with Gasteiger partial charge in [0, 0.05) is 5.69 Å². The first kappa shape index (κ1) is 14.2. The Morgan fingerprint density at radius 3 is 2.44 bits per heavy atom. The molecular weight excluding hydrogens is 232 g/mol. The second-order valence-corrected chi connectivity index (χ2v) is 4.37. The van der Waals surface area contributed by atoms with Crippen molar-refractivity contribution in [1.29, 1.82) is 0 Å². The molecule has 0 bridgehead atoms. The van der Waals surface area contributed by atoms with E-state index in [4.69, 9.17) is 10.8 Å². The molecule has 0 radical (unpaired) electrons. The molecule has 4 N–H and O–H groups in total. The molecule has 0 fully saturated rings. The van der Waals surface area contributed by atoms with Crippen molar-refractivity contribution in [3.05, 3.63) is 28.8 Å². The van der Waals surface area contributed by atoms with Crippen LogP contribution < -0.4 is 11.1 Å². The number of aryl methyl sites for hydroxylation is 1. The van der Waals surface area contributed by atoms with Crippen molar-refractivity contribution in [2.75, 3.05) is 5.32 Å². The fraction of sp³-hybridized carbons (Fsp3) is 0.385. The number of nitrogens with two attached hydrogens (primary N) is 1. The average molecular weight is 250 g/mol. The van der Waals surface area contributed by atoms with E-state index in [1.807, 2.05) is 26.8 Å². The second kappa shape index (κ2) is 5.64. The van der Waals surface area contributed by atoms with Crippen molar-refractivity contribution >= 4 is 17.6 Å². The number of nitrogens with one attached hydrogen (secondary N) is 1. The van der Waals surface area contributed by atoms with Crippen LogP contribution in [0, 0.1) is 20.8 Å². The summed E-state index contributed by atoms with van der Waals surface area (Å²) in [5.41, 5.74) is 9.36. The van der Waals surface area contributed by atoms with Gasteiger partial charge < -0.3 is 16.2 Å². The van der Waals surface area contributed by atoms with Crippen LogP contribution in [-0.4, -0.2) is 23.0 Å². The van der Waals surface area contributed by atoms with E-state index < -0.39 is 17.9 Å². The summed E-state index contributed by atoms with van der Waals surface area (Å²) in [6.07, 6.45) is -0.379. The lowest BCUT2D eigenvalue weighted by Crippen LogP contribution is -2.37. The highest BCUT2D eigenvalue weighted by atomic mass is 16.4. The molecule has 0 aliphatic heterocycles. The fourth-order valence-corrected chi connectivity index (χ4v) is 1.60. The summed E-state index contributed by atoms with van der Waals surface area (Å²) >= 11 is 0. The Morgan fingerprint density at radius 1 is 1.28 bits per heavy atom. The van der Waals surface area contributed by atoms with Gasteiger partial charge in [-0.25, -0.2) is 0 Å². The van der Waals surface area contributed by atoms with Crippen LogP contribution in [0.1, 0.15) is 23.1 Å². The van der Waals surface area contributed by atoms with Crippen LogP contribution in [0.4, 0.5) is 5.69 Å². The Balaban J connectivity index is 2.82. The van der Waals surface area contributed by atoms with Gasteiger partial charge in [-0.1, -0.05) is 6.07 Å². The lowest BCUT2D eigenvalue weighted by Gasteiger charge is -2.14. The number of carbonyl (C=O) groups excluding carboxylic acids is 1. The number of carbonyl (C=O) groups is 2. The van der Waals surface area contributed by atoms with Crippen molar-refractivity contribution in [3.63, 3.8) is 0 Å². The van der Waals surface area contributed by atoms with Crippen LogP contribution in [0.25, 0.3) is 0 Å². The van der Waals surface area contributed by atoms with Gasteiger partial charge in [0.25, 0.3) is 0 Å². The molecular formula is C13H18N2O3. The summed E-state index contributed by atoms with van der Waals surface area (Å²) in [6.45, 7) is 5.86. The SMILES string of the molecule is Cc1ccc(NC(=O)C(N)CC(=O)O)c(C)c1C. The fourth-order valence-electron chi connectivity index (χ4n) is 1.60. The first-order valence-electron chi connectivity index (χ1n) is 5.68. The molecule has 0 saturated carbocycles. The number of hydrogen-bond donors (Lipinski definition) is 3. The highest BCUT2D eigenvalue weighted by molar-refractivity contribution is 5.97. The highest BCUT2D eigenvalue weighted by Gasteiger charge is 2.18. The summed E-state index contributed by atoms with van der Waals surface area (Å²) < 4.78 is 0. The number of carboxylic acid groups (broad SMARTS) is 1. The third-order valence-corrected chi connectivity index (χ3v) is 3.05. The molecule has 5 heteroatoms. The third-order valence-electron chi connectivity index (χ3n) is 3.05. The number of rotatable bonds is 4. The number of carboxylic acids is 1. The summed E-state index contributed by atoms with van der Waals surface area (Å²) in [5, 5.41) is 11.2. The van der Waals surface area contributed by atoms with E-state index in [0.29, 0.717) is 5.69 Å². The topological polar surface area (TPSA) is 92.4 Å². The first-order chi connectivity index (χ1) is 8.32. The minimum Gasteiger partial charge on any atom is -0.481 e. The first-order valence-corrected chi connectivity index (χ1v) is 5.68. The smallest absolute Gasteiger partial charge is 0.305 e. The molecule has 18 heavy (non-hydrogen) atoms. The maximum atomic E-state index is 11.7. The Labute approximate surface area is 106 Å². The largest absolute Gasteiger partial charge is 0.481 e. The van der Waals surface area contributed by atoms with Gasteiger partial charge in [0.1, 0.15) is 0 Å². The molecule has 5 nitrogen and oxygen atoms in total. The molecule has 1 aromatic carbocycles. The van der Waals surface area contributed by atoms with E-state index in [9.17, 15) is 9.59 Å². The minimum atomic E-state index is -1.09. The van der Waals surface area contributed by atoms with Crippen molar-refractivity contribution in [2.24, 2.45) is 5.73 Å². The molecule has 0 aliphatic carbocycles. The predicted molar refractivity (Wildman–Crippen MR) is 69.5 cm³/mol. The number of hydrogen-bond acceptors (Lipinski definition) is 3. The normalized spacial score (nSPS) is 12.0. The molecule has 1 rings (SSSR count). The summed E-state index contributed by atoms with van der Waals surface area (Å²) in [7, 11) is 0. The summed E-state index contributed by atoms with van der Waals surface area (Å²) in [5.74, 6) is -1.57. The van der Waals surface area contributed by atoms with Crippen LogP contribution in [0.2, 0.25) is 0 Å². The quantitative estimate of drug-likeness (QED) is 0.752. The summed E-state index contributed by atoms with van der Waals surface area (Å²) in [6, 6.07) is 2.66. The molecule has 98 valence electrons. The average Bonchev–Trinajstić information content (AvgIpc) is 2.29. The maximum absolute atomic E-state index is 11.7. The van der Waals surface area contributed by atoms with Gasteiger partial charge in [-0.3, -0.25) is 9.59 Å². The van der Waals surface area contributed by atoms with E-state index >= 15 is 0 Å². The van der Waals surface area contributed by atoms with Crippen molar-refractivity contribution < 1.29 is 14.7 Å². The van der Waals surface area contributed by atoms with Crippen LogP contribution in [0.5, 0.6) is 0 Å². The molecule has 1 atom stereocenters. The number of anilines is 1. The van der Waals surface area contributed by atoms with E-state index in [-0.39, 0.29) is 6.42 Å². The van der Waals surface area contributed by atoms with Gasteiger partial charge in [-0.05, 0) is 43.5 Å². The van der Waals surface area contributed by atoms with E-state index in [1.54, 1.807) is 6.07 Å². The van der Waals surface area contributed by atoms with Gasteiger partial charge in [-0.2, -0.15) is 0 Å². The standard InChI is InChI=1S/C13H18N2O3/c1-7-4-5-11(9(3)8(7)2)15-13(18)10(14)6-12(16)17/h4-5,10H,6,14H2,1-3H3,(H,15,18)(H,16,17). The van der Waals surface area contributed by atoms with Crippen LogP contribution in [0.3, 0.4) is 0 Å². The lowest BCUT2D eigenvalue weighted by atomic mass is 10.0. The predicted octanol–water partition coefficient (Wildman–Crippen LogP) is 1.35. The Morgan fingerprint density at radius 2 is 1.89 bits per heavy atom. The Hall–Kier alpha value is -1.88. The number of amides is 1. The molecule has 1 unspecified atom stereocenters. The Kier molecular flexibility index (Phi) is 4.44. The van der Waals surface area contributed by atoms with Crippen molar-refractivity contribution in [2.45, 2.75) is 33.2 Å². The van der Waals surface area contributed by atoms with Gasteiger partial charge in [0.05, 0.1) is 12.5 Å². The zero-order chi connectivity index (χ0) is 13.9. The van der Waals surface area contributed by atoms with Crippen molar-refractivity contribution in [1.82, 2.24) is 0 Å². The van der Waals surface area contributed by atoms with Crippen LogP contribution >= 0.6 is 0 Å². The zero-order valence-corrected chi connectivity index (χ0v) is 10.8. The maximum Gasteiger partial charge on any atom is 0.305 e. The molecule has 1 amide bonds. The number of benzene rings is 1. The van der Waals surface area contributed by atoms with Crippen LogP contribution in [-0.2, 0) is 9.59 Å².